The summed E-state index contributed by atoms with van der Waals surface area (Å²) < 4.78 is 13.0. The second kappa shape index (κ2) is 4.53. The molecule has 16 heavy (non-hydrogen) atoms. The van der Waals surface area contributed by atoms with Gasteiger partial charge in [0.15, 0.2) is 5.78 Å². The van der Waals surface area contributed by atoms with Gasteiger partial charge in [-0.1, -0.05) is 12.1 Å². The smallest absolute Gasteiger partial charge is 0.186 e. The normalized spacial score (nSPS) is 10.4. The number of hydrogen-bond acceptors (Lipinski definition) is 3. The predicted octanol–water partition coefficient (Wildman–Crippen LogP) is 3.02. The number of rotatable bonds is 3. The van der Waals surface area contributed by atoms with Crippen LogP contribution in [0, 0.1) is 12.7 Å². The van der Waals surface area contributed by atoms with Gasteiger partial charge in [0.05, 0.1) is 5.51 Å². The number of hydrogen-bond donors (Lipinski definition) is 0. The third-order valence-electron chi connectivity index (χ3n) is 2.31. The van der Waals surface area contributed by atoms with Crippen LogP contribution < -0.4 is 0 Å². The SMILES string of the molecule is Cc1cc(CC(=O)c2cscn2)ccc1F. The molecule has 0 unspecified atom stereocenters. The zero-order valence-electron chi connectivity index (χ0n) is 8.74. The molecule has 2 rings (SSSR count). The molecule has 0 atom stereocenters. The van der Waals surface area contributed by atoms with Crippen LogP contribution in [-0.2, 0) is 6.42 Å². The van der Waals surface area contributed by atoms with Crippen LogP contribution in [0.4, 0.5) is 4.39 Å². The molecule has 1 aromatic carbocycles. The number of nitrogens with zero attached hydrogens (tertiary/aromatic N) is 1. The molecule has 0 fully saturated rings. The Morgan fingerprint density at radius 1 is 1.50 bits per heavy atom. The van der Waals surface area contributed by atoms with Gasteiger partial charge in [-0.3, -0.25) is 4.79 Å². The van der Waals surface area contributed by atoms with E-state index in [4.69, 9.17) is 0 Å². The van der Waals surface area contributed by atoms with Gasteiger partial charge < -0.3 is 0 Å². The second-order valence-electron chi connectivity index (χ2n) is 3.56. The molecule has 1 heterocycles. The molecule has 0 radical (unpaired) electrons. The quantitative estimate of drug-likeness (QED) is 0.765. The first-order chi connectivity index (χ1) is 7.66. The molecule has 4 heteroatoms. The van der Waals surface area contributed by atoms with Gasteiger partial charge >= 0.3 is 0 Å². The molecule has 0 saturated heterocycles. The molecule has 0 saturated carbocycles. The van der Waals surface area contributed by atoms with Crippen molar-refractivity contribution in [3.63, 3.8) is 0 Å². The van der Waals surface area contributed by atoms with Gasteiger partial charge in [-0.25, -0.2) is 9.37 Å². The van der Waals surface area contributed by atoms with Gasteiger partial charge in [-0.2, -0.15) is 0 Å². The van der Waals surface area contributed by atoms with E-state index < -0.39 is 0 Å². The highest BCUT2D eigenvalue weighted by molar-refractivity contribution is 7.07. The Balaban J connectivity index is 2.15. The molecule has 2 aromatic rings. The van der Waals surface area contributed by atoms with Crippen molar-refractivity contribution in [2.24, 2.45) is 0 Å². The van der Waals surface area contributed by atoms with Gasteiger partial charge in [0.2, 0.25) is 0 Å². The highest BCUT2D eigenvalue weighted by Gasteiger charge is 2.09. The molecule has 0 aliphatic carbocycles. The number of thiazole rings is 1. The summed E-state index contributed by atoms with van der Waals surface area (Å²) in [6.45, 7) is 1.69. The first-order valence-electron chi connectivity index (χ1n) is 4.83. The zero-order valence-corrected chi connectivity index (χ0v) is 9.55. The summed E-state index contributed by atoms with van der Waals surface area (Å²) in [4.78, 5) is 15.7. The summed E-state index contributed by atoms with van der Waals surface area (Å²) in [6.07, 6.45) is 0.269. The lowest BCUT2D eigenvalue weighted by atomic mass is 10.1. The van der Waals surface area contributed by atoms with Crippen LogP contribution in [0.2, 0.25) is 0 Å². The van der Waals surface area contributed by atoms with Crippen molar-refractivity contribution >= 4 is 17.1 Å². The number of halogens is 1. The van der Waals surface area contributed by atoms with E-state index in [0.29, 0.717) is 11.3 Å². The maximum Gasteiger partial charge on any atom is 0.186 e. The molecule has 0 aliphatic heterocycles. The number of ketones is 1. The summed E-state index contributed by atoms with van der Waals surface area (Å²) in [5.41, 5.74) is 3.48. The molecular formula is C12H10FNOS. The van der Waals surface area contributed by atoms with Crippen LogP contribution >= 0.6 is 11.3 Å². The predicted molar refractivity (Wildman–Crippen MR) is 61.3 cm³/mol. The minimum atomic E-state index is -0.246. The molecule has 0 bridgehead atoms. The Morgan fingerprint density at radius 2 is 2.31 bits per heavy atom. The van der Waals surface area contributed by atoms with E-state index in [2.05, 4.69) is 4.98 Å². The van der Waals surface area contributed by atoms with Gasteiger partial charge in [0, 0.05) is 11.8 Å². The molecule has 0 amide bonds. The zero-order chi connectivity index (χ0) is 11.5. The Labute approximate surface area is 96.8 Å². The van der Waals surface area contributed by atoms with Crippen molar-refractivity contribution < 1.29 is 9.18 Å². The third-order valence-corrected chi connectivity index (χ3v) is 2.89. The van der Waals surface area contributed by atoms with Crippen molar-refractivity contribution in [1.29, 1.82) is 0 Å². The Morgan fingerprint density at radius 3 is 2.94 bits per heavy atom. The van der Waals surface area contributed by atoms with Crippen molar-refractivity contribution in [1.82, 2.24) is 4.98 Å². The minimum Gasteiger partial charge on any atom is -0.292 e. The van der Waals surface area contributed by atoms with Gasteiger partial charge in [0.1, 0.15) is 11.5 Å². The van der Waals surface area contributed by atoms with Crippen molar-refractivity contribution in [2.75, 3.05) is 0 Å². The van der Waals surface area contributed by atoms with Crippen LogP contribution in [-0.4, -0.2) is 10.8 Å². The standard InChI is InChI=1S/C12H10FNOS/c1-8-4-9(2-3-10(8)13)5-12(15)11-6-16-7-14-11/h2-4,6-7H,5H2,1H3. The Bertz CT molecular complexity index is 508. The lowest BCUT2D eigenvalue weighted by molar-refractivity contribution is 0.0989. The van der Waals surface area contributed by atoms with E-state index in [1.807, 2.05) is 0 Å². The summed E-state index contributed by atoms with van der Waals surface area (Å²) in [5, 5.41) is 1.72. The maximum atomic E-state index is 13.0. The van der Waals surface area contributed by atoms with E-state index in [1.54, 1.807) is 29.9 Å². The van der Waals surface area contributed by atoms with Crippen molar-refractivity contribution in [2.45, 2.75) is 13.3 Å². The number of aromatic nitrogens is 1. The van der Waals surface area contributed by atoms with Crippen molar-refractivity contribution in [3.05, 3.63) is 51.7 Å². The fourth-order valence-electron chi connectivity index (χ4n) is 1.44. The molecule has 1 aromatic heterocycles. The Kier molecular flexibility index (Phi) is 3.10. The Hall–Kier alpha value is -1.55. The van der Waals surface area contributed by atoms with Crippen LogP contribution in [0.5, 0.6) is 0 Å². The summed E-state index contributed by atoms with van der Waals surface area (Å²) in [6, 6.07) is 4.71. The molecule has 2 nitrogen and oxygen atoms in total. The average Bonchev–Trinajstić information content (AvgIpc) is 2.77. The van der Waals surface area contributed by atoms with Crippen LogP contribution in [0.3, 0.4) is 0 Å². The average molecular weight is 235 g/mol. The van der Waals surface area contributed by atoms with Crippen LogP contribution in [0.25, 0.3) is 0 Å². The number of benzene rings is 1. The first kappa shape index (κ1) is 11.0. The molecule has 0 aliphatic rings. The second-order valence-corrected chi connectivity index (χ2v) is 4.28. The fourth-order valence-corrected chi connectivity index (χ4v) is 2.00. The monoisotopic (exact) mass is 235 g/mol. The lowest BCUT2D eigenvalue weighted by Crippen LogP contribution is -2.04. The molecule has 0 spiro atoms. The van der Waals surface area contributed by atoms with E-state index in [-0.39, 0.29) is 18.0 Å². The largest absolute Gasteiger partial charge is 0.292 e. The van der Waals surface area contributed by atoms with Gasteiger partial charge in [0.25, 0.3) is 0 Å². The minimum absolute atomic E-state index is 0.0349. The number of carbonyl (C=O) groups excluding carboxylic acids is 1. The number of carbonyl (C=O) groups is 1. The van der Waals surface area contributed by atoms with E-state index >= 15 is 0 Å². The van der Waals surface area contributed by atoms with Crippen LogP contribution in [0.15, 0.2) is 29.1 Å². The van der Waals surface area contributed by atoms with E-state index in [9.17, 15) is 9.18 Å². The molecule has 0 N–H and O–H groups in total. The van der Waals surface area contributed by atoms with E-state index in [1.165, 1.54) is 17.4 Å². The maximum absolute atomic E-state index is 13.0. The fraction of sp³-hybridized carbons (Fsp3) is 0.167. The summed E-state index contributed by atoms with van der Waals surface area (Å²) in [5.74, 6) is -0.280. The first-order valence-corrected chi connectivity index (χ1v) is 5.77. The van der Waals surface area contributed by atoms with E-state index in [0.717, 1.165) is 5.56 Å². The van der Waals surface area contributed by atoms with Gasteiger partial charge in [-0.15, -0.1) is 11.3 Å². The van der Waals surface area contributed by atoms with Crippen LogP contribution in [0.1, 0.15) is 21.6 Å². The molecule has 82 valence electrons. The van der Waals surface area contributed by atoms with Gasteiger partial charge in [-0.05, 0) is 24.1 Å². The number of Topliss-reactive ketones (excluding diaryl/α,β-unsaturated/α-hetero) is 1. The molecular weight excluding hydrogens is 225 g/mol. The van der Waals surface area contributed by atoms with Crippen molar-refractivity contribution in [3.8, 4) is 0 Å². The number of aryl methyl sites for hydroxylation is 1. The lowest BCUT2D eigenvalue weighted by Gasteiger charge is -2.01. The summed E-state index contributed by atoms with van der Waals surface area (Å²) >= 11 is 1.39. The third kappa shape index (κ3) is 2.33. The highest BCUT2D eigenvalue weighted by Crippen LogP contribution is 2.12. The topological polar surface area (TPSA) is 30.0 Å². The highest BCUT2D eigenvalue weighted by atomic mass is 32.1. The summed E-state index contributed by atoms with van der Waals surface area (Å²) in [7, 11) is 0.